The highest BCUT2D eigenvalue weighted by Gasteiger charge is 2.26. The molecule has 4 nitrogen and oxygen atoms in total. The average Bonchev–Trinajstić information content (AvgIpc) is 2.63. The first-order valence-electron chi connectivity index (χ1n) is 7.59. The molecule has 1 saturated heterocycles. The van der Waals surface area contributed by atoms with Gasteiger partial charge in [0.05, 0.1) is 17.7 Å². The highest BCUT2D eigenvalue weighted by molar-refractivity contribution is 9.10. The summed E-state index contributed by atoms with van der Waals surface area (Å²) in [5, 5.41) is 3.55. The molecule has 1 fully saturated rings. The number of nitrogens with zero attached hydrogens (tertiary/aromatic N) is 1. The summed E-state index contributed by atoms with van der Waals surface area (Å²) in [5.41, 5.74) is 1.45. The molecule has 2 aliphatic heterocycles. The molecule has 0 unspecified atom stereocenters. The zero-order valence-corrected chi connectivity index (χ0v) is 14.3. The third kappa shape index (κ3) is 3.71. The molecule has 0 bridgehead atoms. The van der Waals surface area contributed by atoms with Gasteiger partial charge in [-0.2, -0.15) is 0 Å². The highest BCUT2D eigenvalue weighted by Crippen LogP contribution is 2.38. The average molecular weight is 355 g/mol. The summed E-state index contributed by atoms with van der Waals surface area (Å²) in [6.45, 7) is 10.1. The van der Waals surface area contributed by atoms with Crippen LogP contribution in [0.15, 0.2) is 16.6 Å². The Labute approximate surface area is 134 Å². The summed E-state index contributed by atoms with van der Waals surface area (Å²) in [5.74, 6) is 1.71. The van der Waals surface area contributed by atoms with Gasteiger partial charge in [0.25, 0.3) is 0 Å². The van der Waals surface area contributed by atoms with E-state index in [0.29, 0.717) is 0 Å². The lowest BCUT2D eigenvalue weighted by atomic mass is 10.0. The molecule has 0 radical (unpaired) electrons. The number of piperazine rings is 1. The standard InChI is InChI=1S/C16H23BrN2O2/c1-16(2)11-19(5-4-18-16)10-12-8-13(17)15-14(9-12)20-6-3-7-21-15/h8-9,18H,3-7,10-11H2,1-2H3. The lowest BCUT2D eigenvalue weighted by Crippen LogP contribution is -2.56. The summed E-state index contributed by atoms with van der Waals surface area (Å²) in [4.78, 5) is 2.49. The molecular formula is C16H23BrN2O2. The third-order valence-electron chi connectivity index (χ3n) is 3.92. The fourth-order valence-electron chi connectivity index (χ4n) is 3.02. The summed E-state index contributed by atoms with van der Waals surface area (Å²) >= 11 is 3.62. The number of nitrogens with one attached hydrogen (secondary N) is 1. The summed E-state index contributed by atoms with van der Waals surface area (Å²) in [7, 11) is 0. The Morgan fingerprint density at radius 3 is 2.90 bits per heavy atom. The number of benzene rings is 1. The maximum atomic E-state index is 5.81. The van der Waals surface area contributed by atoms with Crippen molar-refractivity contribution in [3.8, 4) is 11.5 Å². The van der Waals surface area contributed by atoms with Crippen molar-refractivity contribution in [2.24, 2.45) is 0 Å². The SMILES string of the molecule is CC1(C)CN(Cc2cc(Br)c3c(c2)OCCCO3)CCN1. The van der Waals surface area contributed by atoms with Gasteiger partial charge in [0.15, 0.2) is 11.5 Å². The van der Waals surface area contributed by atoms with Crippen LogP contribution in [0.1, 0.15) is 25.8 Å². The molecule has 0 atom stereocenters. The van der Waals surface area contributed by atoms with Gasteiger partial charge in [-0.15, -0.1) is 0 Å². The van der Waals surface area contributed by atoms with Crippen LogP contribution in [0.25, 0.3) is 0 Å². The number of ether oxygens (including phenoxy) is 2. The number of halogens is 1. The van der Waals surface area contributed by atoms with Crippen LogP contribution < -0.4 is 14.8 Å². The largest absolute Gasteiger partial charge is 0.490 e. The summed E-state index contributed by atoms with van der Waals surface area (Å²) in [6.07, 6.45) is 0.933. The predicted molar refractivity (Wildman–Crippen MR) is 87.1 cm³/mol. The van der Waals surface area contributed by atoms with E-state index in [4.69, 9.17) is 9.47 Å². The first-order valence-corrected chi connectivity index (χ1v) is 8.38. The van der Waals surface area contributed by atoms with E-state index in [1.165, 1.54) is 5.56 Å². The quantitative estimate of drug-likeness (QED) is 0.885. The van der Waals surface area contributed by atoms with Crippen molar-refractivity contribution in [3.05, 3.63) is 22.2 Å². The van der Waals surface area contributed by atoms with Gasteiger partial charge >= 0.3 is 0 Å². The van der Waals surface area contributed by atoms with E-state index in [1.807, 2.05) is 0 Å². The molecule has 2 heterocycles. The first kappa shape index (κ1) is 15.1. The molecule has 1 aromatic carbocycles. The van der Waals surface area contributed by atoms with E-state index >= 15 is 0 Å². The van der Waals surface area contributed by atoms with Crippen LogP contribution in [0, 0.1) is 0 Å². The van der Waals surface area contributed by atoms with E-state index in [2.05, 4.69) is 52.1 Å². The molecule has 1 aromatic rings. The maximum Gasteiger partial charge on any atom is 0.175 e. The van der Waals surface area contributed by atoms with Crippen molar-refractivity contribution >= 4 is 15.9 Å². The zero-order chi connectivity index (χ0) is 14.9. The van der Waals surface area contributed by atoms with Crippen molar-refractivity contribution in [3.63, 3.8) is 0 Å². The number of hydrogen-bond donors (Lipinski definition) is 1. The van der Waals surface area contributed by atoms with Crippen LogP contribution in [-0.4, -0.2) is 43.3 Å². The fraction of sp³-hybridized carbons (Fsp3) is 0.625. The topological polar surface area (TPSA) is 33.7 Å². The predicted octanol–water partition coefficient (Wildman–Crippen LogP) is 2.79. The van der Waals surface area contributed by atoms with Crippen molar-refractivity contribution in [1.29, 1.82) is 0 Å². The molecule has 5 heteroatoms. The van der Waals surface area contributed by atoms with Gasteiger partial charge in [-0.25, -0.2) is 0 Å². The third-order valence-corrected chi connectivity index (χ3v) is 4.51. The molecule has 0 spiro atoms. The van der Waals surface area contributed by atoms with Gasteiger partial charge in [-0.3, -0.25) is 4.90 Å². The van der Waals surface area contributed by atoms with Crippen molar-refractivity contribution in [2.45, 2.75) is 32.4 Å². The maximum absolute atomic E-state index is 5.81. The van der Waals surface area contributed by atoms with E-state index in [9.17, 15) is 0 Å². The normalized spacial score (nSPS) is 21.9. The Morgan fingerprint density at radius 1 is 1.29 bits per heavy atom. The van der Waals surface area contributed by atoms with E-state index < -0.39 is 0 Å². The molecule has 0 aromatic heterocycles. The van der Waals surface area contributed by atoms with Gasteiger partial charge in [-0.05, 0) is 47.5 Å². The molecule has 0 amide bonds. The molecule has 1 N–H and O–H groups in total. The van der Waals surface area contributed by atoms with Gasteiger partial charge in [0, 0.05) is 38.1 Å². The molecule has 21 heavy (non-hydrogen) atoms. The second kappa shape index (κ2) is 6.15. The van der Waals surface area contributed by atoms with Gasteiger partial charge in [0.1, 0.15) is 0 Å². The van der Waals surface area contributed by atoms with Crippen LogP contribution in [0.3, 0.4) is 0 Å². The Bertz CT molecular complexity index is 519. The van der Waals surface area contributed by atoms with Crippen molar-refractivity contribution in [1.82, 2.24) is 10.2 Å². The van der Waals surface area contributed by atoms with E-state index in [1.54, 1.807) is 0 Å². The van der Waals surface area contributed by atoms with Crippen LogP contribution >= 0.6 is 15.9 Å². The summed E-state index contributed by atoms with van der Waals surface area (Å²) in [6, 6.07) is 4.28. The molecule has 0 saturated carbocycles. The minimum atomic E-state index is 0.181. The molecule has 0 aliphatic carbocycles. The van der Waals surface area contributed by atoms with Crippen molar-refractivity contribution < 1.29 is 9.47 Å². The second-order valence-electron chi connectivity index (χ2n) is 6.48. The zero-order valence-electron chi connectivity index (χ0n) is 12.7. The first-order chi connectivity index (χ1) is 10.0. The van der Waals surface area contributed by atoms with Gasteiger partial charge in [0.2, 0.25) is 0 Å². The highest BCUT2D eigenvalue weighted by atomic mass is 79.9. The Balaban J connectivity index is 1.77. The van der Waals surface area contributed by atoms with Crippen LogP contribution in [0.5, 0.6) is 11.5 Å². The number of hydrogen-bond acceptors (Lipinski definition) is 4. The fourth-order valence-corrected chi connectivity index (χ4v) is 3.62. The molecular weight excluding hydrogens is 332 g/mol. The Hall–Kier alpha value is -0.780. The smallest absolute Gasteiger partial charge is 0.175 e. The Kier molecular flexibility index (Phi) is 4.43. The van der Waals surface area contributed by atoms with Crippen LogP contribution in [-0.2, 0) is 6.54 Å². The van der Waals surface area contributed by atoms with Crippen molar-refractivity contribution in [2.75, 3.05) is 32.8 Å². The lowest BCUT2D eigenvalue weighted by molar-refractivity contribution is 0.148. The van der Waals surface area contributed by atoms with Gasteiger partial charge < -0.3 is 14.8 Å². The Morgan fingerprint density at radius 2 is 2.10 bits per heavy atom. The second-order valence-corrected chi connectivity index (χ2v) is 7.33. The van der Waals surface area contributed by atoms with E-state index in [-0.39, 0.29) is 5.54 Å². The van der Waals surface area contributed by atoms with Crippen LogP contribution in [0.4, 0.5) is 0 Å². The minimum absolute atomic E-state index is 0.181. The van der Waals surface area contributed by atoms with Gasteiger partial charge in [-0.1, -0.05) is 0 Å². The molecule has 3 rings (SSSR count). The minimum Gasteiger partial charge on any atom is -0.490 e. The van der Waals surface area contributed by atoms with E-state index in [0.717, 1.165) is 61.8 Å². The monoisotopic (exact) mass is 354 g/mol. The summed E-state index contributed by atoms with van der Waals surface area (Å²) < 4.78 is 12.6. The number of fused-ring (bicyclic) bond motifs is 1. The number of rotatable bonds is 2. The van der Waals surface area contributed by atoms with Crippen LogP contribution in [0.2, 0.25) is 0 Å². The lowest BCUT2D eigenvalue weighted by Gasteiger charge is -2.39. The molecule has 116 valence electrons. The molecule has 2 aliphatic rings.